The molecular weight excluding hydrogens is 192 g/mol. The topological polar surface area (TPSA) is 61.0 Å². The van der Waals surface area contributed by atoms with Crippen LogP contribution in [0.4, 0.5) is 5.95 Å². The van der Waals surface area contributed by atoms with Crippen LogP contribution in [0.5, 0.6) is 0 Å². The molecule has 0 saturated carbocycles. The Hall–Kier alpha value is -1.36. The number of H-pyrrole nitrogens is 1. The van der Waals surface area contributed by atoms with E-state index in [0.717, 1.165) is 26.2 Å². The third-order valence-electron chi connectivity index (χ3n) is 3.30. The van der Waals surface area contributed by atoms with Crippen LogP contribution in [-0.2, 0) is 0 Å². The predicted molar refractivity (Wildman–Crippen MR) is 55.8 cm³/mol. The second-order valence-electron chi connectivity index (χ2n) is 4.26. The van der Waals surface area contributed by atoms with Gasteiger partial charge in [-0.1, -0.05) is 0 Å². The lowest BCUT2D eigenvalue weighted by atomic mass is 10.0. The highest BCUT2D eigenvalue weighted by Gasteiger charge is 2.36. The van der Waals surface area contributed by atoms with Gasteiger partial charge in [0.2, 0.25) is 5.95 Å². The molecule has 1 radical (unpaired) electrons. The van der Waals surface area contributed by atoms with E-state index in [2.05, 4.69) is 26.3 Å². The third-order valence-corrected chi connectivity index (χ3v) is 3.30. The predicted octanol–water partition coefficient (Wildman–Crippen LogP) is -0.774. The standard InChI is InChI=1S/C10H13N4O/c15-9-1-2-12-10(13-9)14-5-7-3-11-4-8(7)6-14/h2,7-8,11H,3-6H2,(H,12,13,15). The van der Waals surface area contributed by atoms with Gasteiger partial charge in [-0.05, 0) is 11.8 Å². The summed E-state index contributed by atoms with van der Waals surface area (Å²) in [6.45, 7) is 4.16. The molecule has 2 unspecified atom stereocenters. The number of aromatic amines is 1. The summed E-state index contributed by atoms with van der Waals surface area (Å²) in [4.78, 5) is 20.1. The molecule has 15 heavy (non-hydrogen) atoms. The molecule has 2 aliphatic rings. The van der Waals surface area contributed by atoms with Crippen LogP contribution in [0.1, 0.15) is 0 Å². The van der Waals surface area contributed by atoms with E-state index in [1.54, 1.807) is 0 Å². The van der Waals surface area contributed by atoms with Crippen LogP contribution in [0.25, 0.3) is 0 Å². The molecule has 2 fully saturated rings. The molecule has 3 rings (SSSR count). The average Bonchev–Trinajstić information content (AvgIpc) is 2.76. The number of fused-ring (bicyclic) bond motifs is 1. The van der Waals surface area contributed by atoms with Crippen LogP contribution < -0.4 is 15.8 Å². The molecule has 1 aromatic heterocycles. The highest BCUT2D eigenvalue weighted by Crippen LogP contribution is 2.27. The van der Waals surface area contributed by atoms with Gasteiger partial charge in [-0.2, -0.15) is 0 Å². The maximum Gasteiger partial charge on any atom is 0.260 e. The maximum atomic E-state index is 11.1. The number of nitrogens with one attached hydrogen (secondary N) is 2. The van der Waals surface area contributed by atoms with E-state index in [-0.39, 0.29) is 5.56 Å². The first-order valence-corrected chi connectivity index (χ1v) is 5.25. The van der Waals surface area contributed by atoms with Crippen LogP contribution in [0.2, 0.25) is 0 Å². The largest absolute Gasteiger partial charge is 0.342 e. The summed E-state index contributed by atoms with van der Waals surface area (Å²) in [5.74, 6) is 2.10. The summed E-state index contributed by atoms with van der Waals surface area (Å²) in [5.41, 5.74) is -0.199. The molecule has 2 aliphatic heterocycles. The summed E-state index contributed by atoms with van der Waals surface area (Å²) < 4.78 is 0. The fourth-order valence-electron chi connectivity index (χ4n) is 2.51. The molecule has 5 heteroatoms. The van der Waals surface area contributed by atoms with E-state index in [9.17, 15) is 4.79 Å². The van der Waals surface area contributed by atoms with Gasteiger partial charge in [-0.25, -0.2) is 4.98 Å². The van der Waals surface area contributed by atoms with Gasteiger partial charge >= 0.3 is 0 Å². The van der Waals surface area contributed by atoms with Gasteiger partial charge in [-0.15, -0.1) is 0 Å². The van der Waals surface area contributed by atoms with Crippen LogP contribution >= 0.6 is 0 Å². The van der Waals surface area contributed by atoms with Crippen LogP contribution in [-0.4, -0.2) is 36.1 Å². The Balaban J connectivity index is 1.82. The number of rotatable bonds is 1. The van der Waals surface area contributed by atoms with Crippen molar-refractivity contribution >= 4 is 5.95 Å². The molecule has 2 N–H and O–H groups in total. The van der Waals surface area contributed by atoms with Crippen molar-refractivity contribution in [1.29, 1.82) is 0 Å². The van der Waals surface area contributed by atoms with Gasteiger partial charge < -0.3 is 10.2 Å². The highest BCUT2D eigenvalue weighted by atomic mass is 16.1. The molecule has 0 aliphatic carbocycles. The molecule has 0 spiro atoms. The number of aromatic nitrogens is 2. The molecule has 0 bridgehead atoms. The number of nitrogens with zero attached hydrogens (tertiary/aromatic N) is 2. The summed E-state index contributed by atoms with van der Waals surface area (Å²) in [7, 11) is 0. The maximum absolute atomic E-state index is 11.1. The van der Waals surface area contributed by atoms with Gasteiger partial charge in [-0.3, -0.25) is 9.78 Å². The van der Waals surface area contributed by atoms with Crippen molar-refractivity contribution in [2.75, 3.05) is 31.1 Å². The zero-order valence-electron chi connectivity index (χ0n) is 8.36. The monoisotopic (exact) mass is 205 g/mol. The summed E-state index contributed by atoms with van der Waals surface area (Å²) in [5, 5.41) is 3.38. The minimum Gasteiger partial charge on any atom is -0.342 e. The lowest BCUT2D eigenvalue weighted by Crippen LogP contribution is -2.28. The Morgan fingerprint density at radius 2 is 2.13 bits per heavy atom. The first-order chi connectivity index (χ1) is 7.33. The van der Waals surface area contributed by atoms with E-state index in [1.165, 1.54) is 6.20 Å². The van der Waals surface area contributed by atoms with Crippen molar-refractivity contribution in [3.05, 3.63) is 22.6 Å². The van der Waals surface area contributed by atoms with E-state index >= 15 is 0 Å². The van der Waals surface area contributed by atoms with Gasteiger partial charge in [0.1, 0.15) is 0 Å². The molecule has 3 heterocycles. The molecular formula is C10H13N4O. The smallest absolute Gasteiger partial charge is 0.260 e. The Morgan fingerprint density at radius 3 is 2.80 bits per heavy atom. The second kappa shape index (κ2) is 3.34. The van der Waals surface area contributed by atoms with Crippen molar-refractivity contribution in [3.63, 3.8) is 0 Å². The molecule has 79 valence electrons. The van der Waals surface area contributed by atoms with Crippen molar-refractivity contribution < 1.29 is 0 Å². The van der Waals surface area contributed by atoms with Gasteiger partial charge in [0, 0.05) is 32.4 Å². The Labute approximate surface area is 87.5 Å². The Bertz CT molecular complexity index is 404. The van der Waals surface area contributed by atoms with E-state index < -0.39 is 0 Å². The number of anilines is 1. The lowest BCUT2D eigenvalue weighted by Gasteiger charge is -2.16. The van der Waals surface area contributed by atoms with Crippen molar-refractivity contribution in [2.45, 2.75) is 0 Å². The summed E-state index contributed by atoms with van der Waals surface area (Å²) in [6, 6.07) is 2.48. The Morgan fingerprint density at radius 1 is 1.40 bits per heavy atom. The van der Waals surface area contributed by atoms with Gasteiger partial charge in [0.15, 0.2) is 0 Å². The summed E-state index contributed by atoms with van der Waals surface area (Å²) >= 11 is 0. The molecule has 2 atom stereocenters. The average molecular weight is 205 g/mol. The normalized spacial score (nSPS) is 29.5. The van der Waals surface area contributed by atoms with Crippen LogP contribution in [0.15, 0.2) is 11.0 Å². The van der Waals surface area contributed by atoms with Crippen molar-refractivity contribution in [2.24, 2.45) is 11.8 Å². The molecule has 1 aromatic rings. The molecule has 0 aromatic carbocycles. The van der Waals surface area contributed by atoms with E-state index in [0.29, 0.717) is 17.8 Å². The van der Waals surface area contributed by atoms with Crippen LogP contribution in [0, 0.1) is 17.9 Å². The fraction of sp³-hybridized carbons (Fsp3) is 0.600. The zero-order chi connectivity index (χ0) is 10.3. The van der Waals surface area contributed by atoms with Gasteiger partial charge in [0.25, 0.3) is 5.56 Å². The third kappa shape index (κ3) is 1.52. The van der Waals surface area contributed by atoms with Crippen molar-refractivity contribution in [1.82, 2.24) is 15.3 Å². The zero-order valence-corrected chi connectivity index (χ0v) is 8.36. The van der Waals surface area contributed by atoms with Gasteiger partial charge in [0.05, 0.1) is 6.07 Å². The second-order valence-corrected chi connectivity index (χ2v) is 4.26. The Kier molecular flexibility index (Phi) is 1.98. The first kappa shape index (κ1) is 8.91. The quantitative estimate of drug-likeness (QED) is 0.632. The molecule has 5 nitrogen and oxygen atoms in total. The minimum atomic E-state index is -0.199. The SMILES string of the molecule is O=c1[c]cnc(N2CC3CNCC3C2)[nH]1. The minimum absolute atomic E-state index is 0.199. The van der Waals surface area contributed by atoms with Crippen molar-refractivity contribution in [3.8, 4) is 0 Å². The number of hydrogen-bond donors (Lipinski definition) is 2. The summed E-state index contributed by atoms with van der Waals surface area (Å²) in [6.07, 6.45) is 1.44. The molecule has 2 saturated heterocycles. The first-order valence-electron chi connectivity index (χ1n) is 5.25. The van der Waals surface area contributed by atoms with E-state index in [4.69, 9.17) is 0 Å². The molecule has 0 amide bonds. The number of hydrogen-bond acceptors (Lipinski definition) is 4. The fourth-order valence-corrected chi connectivity index (χ4v) is 2.51. The lowest BCUT2D eigenvalue weighted by molar-refractivity contribution is 0.533. The van der Waals surface area contributed by atoms with Crippen LogP contribution in [0.3, 0.4) is 0 Å². The highest BCUT2D eigenvalue weighted by molar-refractivity contribution is 5.31. The van der Waals surface area contributed by atoms with E-state index in [1.807, 2.05) is 0 Å².